The molecule has 0 aliphatic heterocycles. The third-order valence-corrected chi connectivity index (χ3v) is 3.15. The Hall–Kier alpha value is -1.84. The molecule has 4 nitrogen and oxygen atoms in total. The quantitative estimate of drug-likeness (QED) is 0.426. The van der Waals surface area contributed by atoms with Crippen molar-refractivity contribution >= 4 is 11.9 Å². The predicted molar refractivity (Wildman–Crippen MR) is 86.0 cm³/mol. The summed E-state index contributed by atoms with van der Waals surface area (Å²) in [6.07, 6.45) is 4.17. The summed E-state index contributed by atoms with van der Waals surface area (Å²) in [5.74, 6) is -0.578. The van der Waals surface area contributed by atoms with Crippen molar-refractivity contribution in [2.24, 2.45) is 5.41 Å². The van der Waals surface area contributed by atoms with Gasteiger partial charge in [0.2, 0.25) is 0 Å². The number of rotatable bonds is 7. The van der Waals surface area contributed by atoms with E-state index in [9.17, 15) is 9.59 Å². The van der Waals surface area contributed by atoms with Gasteiger partial charge in [-0.05, 0) is 39.3 Å². The Labute approximate surface area is 132 Å². The molecule has 0 spiro atoms. The maximum Gasteiger partial charge on any atom is 0.341 e. The summed E-state index contributed by atoms with van der Waals surface area (Å²) in [6, 6.07) is 6.67. The molecule has 0 heterocycles. The Morgan fingerprint density at radius 1 is 1.05 bits per heavy atom. The fraction of sp³-hybridized carbons (Fsp3) is 0.556. The van der Waals surface area contributed by atoms with Gasteiger partial charge < -0.3 is 9.47 Å². The van der Waals surface area contributed by atoms with Crippen LogP contribution in [0.15, 0.2) is 24.3 Å². The molecule has 1 rings (SSSR count). The maximum atomic E-state index is 12.1. The molecule has 22 heavy (non-hydrogen) atoms. The molecule has 122 valence electrons. The molecule has 0 fully saturated rings. The highest BCUT2D eigenvalue weighted by atomic mass is 16.5. The van der Waals surface area contributed by atoms with Gasteiger partial charge in [-0.25, -0.2) is 4.79 Å². The molecule has 0 saturated heterocycles. The number of carbonyl (C=O) groups is 2. The highest BCUT2D eigenvalue weighted by molar-refractivity contribution is 5.93. The minimum Gasteiger partial charge on any atom is -0.462 e. The van der Waals surface area contributed by atoms with Crippen LogP contribution >= 0.6 is 0 Å². The number of esters is 2. The van der Waals surface area contributed by atoms with E-state index >= 15 is 0 Å². The summed E-state index contributed by atoms with van der Waals surface area (Å²) >= 11 is 0. The Morgan fingerprint density at radius 3 is 2.36 bits per heavy atom. The van der Waals surface area contributed by atoms with Crippen LogP contribution in [-0.4, -0.2) is 18.5 Å². The third kappa shape index (κ3) is 5.88. The van der Waals surface area contributed by atoms with E-state index in [-0.39, 0.29) is 17.3 Å². The number of unbranched alkanes of at least 4 members (excludes halogenated alkanes) is 3. The molecule has 0 radical (unpaired) electrons. The molecule has 1 aromatic carbocycles. The highest BCUT2D eigenvalue weighted by Crippen LogP contribution is 2.23. The van der Waals surface area contributed by atoms with E-state index in [2.05, 4.69) is 6.92 Å². The van der Waals surface area contributed by atoms with E-state index in [1.54, 1.807) is 45.0 Å². The van der Waals surface area contributed by atoms with Crippen LogP contribution in [0.2, 0.25) is 0 Å². The van der Waals surface area contributed by atoms with Gasteiger partial charge in [-0.3, -0.25) is 4.79 Å². The third-order valence-electron chi connectivity index (χ3n) is 3.15. The number of ether oxygens (including phenoxy) is 2. The second-order valence-electron chi connectivity index (χ2n) is 6.33. The fourth-order valence-corrected chi connectivity index (χ4v) is 1.75. The van der Waals surface area contributed by atoms with Crippen molar-refractivity contribution in [2.45, 2.75) is 53.4 Å². The zero-order chi connectivity index (χ0) is 16.6. The van der Waals surface area contributed by atoms with Crippen LogP contribution in [0, 0.1) is 5.41 Å². The van der Waals surface area contributed by atoms with Gasteiger partial charge >= 0.3 is 11.9 Å². The number of benzene rings is 1. The summed E-state index contributed by atoms with van der Waals surface area (Å²) in [5, 5.41) is 0. The van der Waals surface area contributed by atoms with Crippen LogP contribution in [0.4, 0.5) is 0 Å². The van der Waals surface area contributed by atoms with Crippen LogP contribution < -0.4 is 4.74 Å². The normalized spacial score (nSPS) is 11.1. The first-order valence-corrected chi connectivity index (χ1v) is 7.84. The monoisotopic (exact) mass is 306 g/mol. The Morgan fingerprint density at radius 2 is 1.73 bits per heavy atom. The number of hydrogen-bond donors (Lipinski definition) is 0. The number of hydrogen-bond acceptors (Lipinski definition) is 4. The SMILES string of the molecule is CCCCCCOC(=O)c1ccccc1OC(=O)C(C)(C)C. The molecule has 0 aromatic heterocycles. The minimum absolute atomic E-state index is 0.251. The maximum absolute atomic E-state index is 12.1. The molecule has 0 aliphatic carbocycles. The van der Waals surface area contributed by atoms with Crippen molar-refractivity contribution in [1.29, 1.82) is 0 Å². The van der Waals surface area contributed by atoms with Crippen molar-refractivity contribution in [3.05, 3.63) is 29.8 Å². The van der Waals surface area contributed by atoms with Gasteiger partial charge in [-0.2, -0.15) is 0 Å². The van der Waals surface area contributed by atoms with Gasteiger partial charge in [0, 0.05) is 0 Å². The summed E-state index contributed by atoms with van der Waals surface area (Å²) in [6.45, 7) is 7.82. The van der Waals surface area contributed by atoms with E-state index in [0.29, 0.717) is 6.61 Å². The molecule has 0 saturated carbocycles. The average molecular weight is 306 g/mol. The lowest BCUT2D eigenvalue weighted by Gasteiger charge is -2.17. The lowest BCUT2D eigenvalue weighted by molar-refractivity contribution is -0.143. The predicted octanol–water partition coefficient (Wildman–Crippen LogP) is 4.38. The average Bonchev–Trinajstić information content (AvgIpc) is 2.46. The van der Waals surface area contributed by atoms with E-state index < -0.39 is 11.4 Å². The van der Waals surface area contributed by atoms with Gasteiger partial charge in [0.25, 0.3) is 0 Å². The standard InChI is InChI=1S/C18H26O4/c1-5-6-7-10-13-21-16(19)14-11-8-9-12-15(14)22-17(20)18(2,3)4/h8-9,11-12H,5-7,10,13H2,1-4H3. The molecule has 0 aliphatic rings. The summed E-state index contributed by atoms with van der Waals surface area (Å²) in [5.41, 5.74) is -0.340. The number of para-hydroxylation sites is 1. The summed E-state index contributed by atoms with van der Waals surface area (Å²) in [7, 11) is 0. The van der Waals surface area contributed by atoms with E-state index in [1.807, 2.05) is 0 Å². The van der Waals surface area contributed by atoms with Crippen molar-refractivity contribution in [3.63, 3.8) is 0 Å². The molecule has 0 atom stereocenters. The first kappa shape index (κ1) is 18.2. The van der Waals surface area contributed by atoms with Crippen molar-refractivity contribution in [1.82, 2.24) is 0 Å². The van der Waals surface area contributed by atoms with Crippen molar-refractivity contribution in [2.75, 3.05) is 6.61 Å². The van der Waals surface area contributed by atoms with Gasteiger partial charge in [-0.1, -0.05) is 38.3 Å². The van der Waals surface area contributed by atoms with Crippen molar-refractivity contribution < 1.29 is 19.1 Å². The lowest BCUT2D eigenvalue weighted by atomic mass is 9.97. The Balaban J connectivity index is 2.67. The minimum atomic E-state index is -0.628. The van der Waals surface area contributed by atoms with Crippen LogP contribution in [0.5, 0.6) is 5.75 Å². The molecule has 0 unspecified atom stereocenters. The second kappa shape index (κ2) is 8.57. The zero-order valence-corrected chi connectivity index (χ0v) is 14.0. The first-order valence-electron chi connectivity index (χ1n) is 7.84. The fourth-order valence-electron chi connectivity index (χ4n) is 1.75. The summed E-state index contributed by atoms with van der Waals surface area (Å²) in [4.78, 5) is 24.1. The van der Waals surface area contributed by atoms with E-state index in [4.69, 9.17) is 9.47 Å². The summed E-state index contributed by atoms with van der Waals surface area (Å²) < 4.78 is 10.6. The molecular formula is C18H26O4. The Bertz CT molecular complexity index is 500. The van der Waals surface area contributed by atoms with Gasteiger partial charge in [0.15, 0.2) is 0 Å². The van der Waals surface area contributed by atoms with Crippen LogP contribution in [0.25, 0.3) is 0 Å². The lowest BCUT2D eigenvalue weighted by Crippen LogP contribution is -2.26. The van der Waals surface area contributed by atoms with E-state index in [1.165, 1.54) is 0 Å². The van der Waals surface area contributed by atoms with E-state index in [0.717, 1.165) is 25.7 Å². The second-order valence-corrected chi connectivity index (χ2v) is 6.33. The van der Waals surface area contributed by atoms with Crippen LogP contribution in [0.3, 0.4) is 0 Å². The topological polar surface area (TPSA) is 52.6 Å². The molecule has 0 N–H and O–H groups in total. The molecular weight excluding hydrogens is 280 g/mol. The van der Waals surface area contributed by atoms with Gasteiger partial charge in [-0.15, -0.1) is 0 Å². The molecule has 1 aromatic rings. The number of carbonyl (C=O) groups excluding carboxylic acids is 2. The smallest absolute Gasteiger partial charge is 0.341 e. The molecule has 0 bridgehead atoms. The zero-order valence-electron chi connectivity index (χ0n) is 14.0. The molecule has 4 heteroatoms. The van der Waals surface area contributed by atoms with Crippen molar-refractivity contribution in [3.8, 4) is 5.75 Å². The highest BCUT2D eigenvalue weighted by Gasteiger charge is 2.25. The largest absolute Gasteiger partial charge is 0.462 e. The Kier molecular flexibility index (Phi) is 7.09. The van der Waals surface area contributed by atoms with Crippen LogP contribution in [0.1, 0.15) is 63.7 Å². The first-order chi connectivity index (χ1) is 10.4. The van der Waals surface area contributed by atoms with Gasteiger partial charge in [0.1, 0.15) is 11.3 Å². The molecule has 0 amide bonds. The van der Waals surface area contributed by atoms with Gasteiger partial charge in [0.05, 0.1) is 12.0 Å². The van der Waals surface area contributed by atoms with Crippen LogP contribution in [-0.2, 0) is 9.53 Å².